The van der Waals surface area contributed by atoms with Crippen LogP contribution in [0, 0.1) is 6.92 Å². The Hall–Kier alpha value is -2.20. The molecule has 0 amide bonds. The number of aromatic nitrogens is 1. The molecule has 1 aromatic heterocycles. The zero-order chi connectivity index (χ0) is 11.3. The molecule has 0 saturated carbocycles. The number of anilines is 2. The van der Waals surface area contributed by atoms with Crippen LogP contribution >= 0.6 is 0 Å². The minimum absolute atomic E-state index is 0.306. The fourth-order valence-electron chi connectivity index (χ4n) is 1.09. The van der Waals surface area contributed by atoms with E-state index in [1.807, 2.05) is 6.92 Å². The third-order valence-electron chi connectivity index (χ3n) is 1.86. The van der Waals surface area contributed by atoms with Crippen molar-refractivity contribution >= 4 is 17.6 Å². The Morgan fingerprint density at radius 3 is 3.00 bits per heavy atom. The van der Waals surface area contributed by atoms with Gasteiger partial charge in [0, 0.05) is 17.2 Å². The monoisotopic (exact) mass is 204 g/mol. The first-order valence-corrected chi connectivity index (χ1v) is 4.35. The Kier molecular flexibility index (Phi) is 3.54. The van der Waals surface area contributed by atoms with Gasteiger partial charge in [-0.05, 0) is 24.1 Å². The third-order valence-corrected chi connectivity index (χ3v) is 1.86. The number of nitrogen functional groups attached to an aromatic ring is 2. The summed E-state index contributed by atoms with van der Waals surface area (Å²) in [5.41, 5.74) is 21.3. The number of hydrogen-bond acceptors (Lipinski definition) is 4. The molecular formula is C9H12N6. The van der Waals surface area contributed by atoms with Gasteiger partial charge in [0.2, 0.25) is 0 Å². The van der Waals surface area contributed by atoms with Crippen LogP contribution in [-0.4, -0.2) is 11.5 Å². The van der Waals surface area contributed by atoms with E-state index in [2.05, 4.69) is 15.0 Å². The summed E-state index contributed by atoms with van der Waals surface area (Å²) in [5, 5.41) is 3.37. The van der Waals surface area contributed by atoms with Gasteiger partial charge in [-0.2, -0.15) is 0 Å². The van der Waals surface area contributed by atoms with Crippen molar-refractivity contribution in [2.45, 2.75) is 6.92 Å². The lowest BCUT2D eigenvalue weighted by molar-refractivity contribution is 1.19. The van der Waals surface area contributed by atoms with Crippen LogP contribution in [0.3, 0.4) is 0 Å². The summed E-state index contributed by atoms with van der Waals surface area (Å²) in [7, 11) is 0. The molecule has 6 nitrogen and oxygen atoms in total. The van der Waals surface area contributed by atoms with Gasteiger partial charge in [-0.3, -0.25) is 0 Å². The largest absolute Gasteiger partial charge is 0.396 e. The number of aryl methyl sites for hydroxylation is 1. The number of rotatable bonds is 3. The zero-order valence-corrected chi connectivity index (χ0v) is 8.38. The molecule has 0 saturated heterocycles. The first-order valence-electron chi connectivity index (χ1n) is 4.35. The lowest BCUT2D eigenvalue weighted by atomic mass is 10.1. The molecule has 6 heteroatoms. The highest BCUT2D eigenvalue weighted by molar-refractivity contribution is 5.66. The predicted octanol–water partition coefficient (Wildman–Crippen LogP) is 1.88. The van der Waals surface area contributed by atoms with E-state index < -0.39 is 0 Å². The van der Waals surface area contributed by atoms with Crippen LogP contribution in [0.5, 0.6) is 0 Å². The molecule has 0 bridgehead atoms. The molecular weight excluding hydrogens is 192 g/mol. The van der Waals surface area contributed by atoms with Gasteiger partial charge >= 0.3 is 0 Å². The number of azide groups is 1. The van der Waals surface area contributed by atoms with E-state index in [1.54, 1.807) is 18.2 Å². The van der Waals surface area contributed by atoms with E-state index in [0.29, 0.717) is 18.1 Å². The van der Waals surface area contributed by atoms with Crippen molar-refractivity contribution in [3.63, 3.8) is 0 Å². The van der Waals surface area contributed by atoms with Gasteiger partial charge in [0.1, 0.15) is 5.82 Å². The van der Waals surface area contributed by atoms with Crippen LogP contribution in [0.15, 0.2) is 17.3 Å². The number of nitrogens with two attached hydrogens (primary N) is 2. The molecule has 4 N–H and O–H groups in total. The van der Waals surface area contributed by atoms with Crippen LogP contribution in [0.25, 0.3) is 16.5 Å². The molecule has 0 aromatic carbocycles. The van der Waals surface area contributed by atoms with Crippen LogP contribution in [0.2, 0.25) is 0 Å². The molecule has 0 aliphatic carbocycles. The van der Waals surface area contributed by atoms with Gasteiger partial charge in [-0.1, -0.05) is 17.3 Å². The highest BCUT2D eigenvalue weighted by Gasteiger charge is 2.00. The molecule has 0 fully saturated rings. The Bertz CT molecular complexity index is 430. The second-order valence-electron chi connectivity index (χ2n) is 2.95. The molecule has 0 unspecified atom stereocenters. The quantitative estimate of drug-likeness (QED) is 0.445. The molecule has 0 radical (unpaired) electrons. The van der Waals surface area contributed by atoms with Crippen LogP contribution < -0.4 is 11.5 Å². The average Bonchev–Trinajstić information content (AvgIpc) is 2.20. The van der Waals surface area contributed by atoms with Crippen molar-refractivity contribution in [1.82, 2.24) is 4.98 Å². The lowest BCUT2D eigenvalue weighted by Gasteiger charge is -2.04. The van der Waals surface area contributed by atoms with Gasteiger partial charge < -0.3 is 11.5 Å². The molecule has 0 spiro atoms. The molecule has 1 heterocycles. The summed E-state index contributed by atoms with van der Waals surface area (Å²) in [4.78, 5) is 6.70. The molecule has 1 rings (SSSR count). The Labute approximate surface area is 87.2 Å². The van der Waals surface area contributed by atoms with Gasteiger partial charge in [0.15, 0.2) is 0 Å². The average molecular weight is 204 g/mol. The molecule has 78 valence electrons. The first-order chi connectivity index (χ1) is 7.15. The standard InChI is InChI=1S/C9H12N6/c1-6-7(3-2-4-13-15-12)5-8(10)9(11)14-6/h2-3,5H,4,10H2,1H3,(H2,11,14). The fourth-order valence-corrected chi connectivity index (χ4v) is 1.09. The van der Waals surface area contributed by atoms with Crippen molar-refractivity contribution in [1.29, 1.82) is 0 Å². The predicted molar refractivity (Wildman–Crippen MR) is 60.8 cm³/mol. The Morgan fingerprint density at radius 1 is 1.60 bits per heavy atom. The Morgan fingerprint density at radius 2 is 2.33 bits per heavy atom. The van der Waals surface area contributed by atoms with E-state index >= 15 is 0 Å². The summed E-state index contributed by atoms with van der Waals surface area (Å²) < 4.78 is 0. The molecule has 0 aliphatic rings. The second-order valence-corrected chi connectivity index (χ2v) is 2.95. The zero-order valence-electron chi connectivity index (χ0n) is 8.38. The maximum absolute atomic E-state index is 8.07. The van der Waals surface area contributed by atoms with Crippen molar-refractivity contribution in [3.8, 4) is 0 Å². The van der Waals surface area contributed by atoms with Gasteiger partial charge in [0.05, 0.1) is 5.69 Å². The molecule has 15 heavy (non-hydrogen) atoms. The summed E-state index contributed by atoms with van der Waals surface area (Å²) in [6.07, 6.45) is 3.53. The van der Waals surface area contributed by atoms with Crippen LogP contribution in [0.4, 0.5) is 11.5 Å². The minimum atomic E-state index is 0.306. The number of nitrogens with zero attached hydrogens (tertiary/aromatic N) is 4. The summed E-state index contributed by atoms with van der Waals surface area (Å²) in [6, 6.07) is 1.74. The topological polar surface area (TPSA) is 114 Å². The van der Waals surface area contributed by atoms with Gasteiger partial charge in [0.25, 0.3) is 0 Å². The van der Waals surface area contributed by atoms with Crippen molar-refractivity contribution in [2.75, 3.05) is 18.0 Å². The summed E-state index contributed by atoms with van der Waals surface area (Å²) in [5.74, 6) is 0.333. The van der Waals surface area contributed by atoms with Crippen molar-refractivity contribution in [3.05, 3.63) is 33.8 Å². The van der Waals surface area contributed by atoms with Gasteiger partial charge in [-0.25, -0.2) is 4.98 Å². The summed E-state index contributed by atoms with van der Waals surface area (Å²) >= 11 is 0. The van der Waals surface area contributed by atoms with Gasteiger partial charge in [-0.15, -0.1) is 0 Å². The number of hydrogen-bond donors (Lipinski definition) is 2. The lowest BCUT2D eigenvalue weighted by Crippen LogP contribution is -2.00. The minimum Gasteiger partial charge on any atom is -0.396 e. The smallest absolute Gasteiger partial charge is 0.146 e. The fraction of sp³-hybridized carbons (Fsp3) is 0.222. The summed E-state index contributed by atoms with van der Waals surface area (Å²) in [6.45, 7) is 2.14. The molecule has 1 aromatic rings. The highest BCUT2D eigenvalue weighted by atomic mass is 15.1. The number of pyridine rings is 1. The second kappa shape index (κ2) is 4.88. The molecule has 0 aliphatic heterocycles. The maximum atomic E-state index is 8.07. The first kappa shape index (κ1) is 10.9. The van der Waals surface area contributed by atoms with Crippen molar-refractivity contribution in [2.24, 2.45) is 5.11 Å². The van der Waals surface area contributed by atoms with E-state index in [0.717, 1.165) is 11.3 Å². The van der Waals surface area contributed by atoms with E-state index in [1.165, 1.54) is 0 Å². The Balaban J connectivity index is 2.90. The van der Waals surface area contributed by atoms with Crippen molar-refractivity contribution < 1.29 is 0 Å². The van der Waals surface area contributed by atoms with E-state index in [4.69, 9.17) is 17.0 Å². The maximum Gasteiger partial charge on any atom is 0.146 e. The normalized spacial score (nSPS) is 10.2. The van der Waals surface area contributed by atoms with Crippen LogP contribution in [-0.2, 0) is 0 Å². The van der Waals surface area contributed by atoms with Crippen LogP contribution in [0.1, 0.15) is 11.3 Å². The van der Waals surface area contributed by atoms with E-state index in [-0.39, 0.29) is 0 Å². The SMILES string of the molecule is Cc1nc(N)c(N)cc1C=CCN=[N+]=[N-]. The van der Waals surface area contributed by atoms with E-state index in [9.17, 15) is 0 Å². The third kappa shape index (κ3) is 2.89. The molecule has 0 atom stereocenters. The highest BCUT2D eigenvalue weighted by Crippen LogP contribution is 2.17.